The fourth-order valence-corrected chi connectivity index (χ4v) is 4.53. The van der Waals surface area contributed by atoms with Crippen LogP contribution in [0.5, 0.6) is 0 Å². The molecule has 1 aliphatic rings. The lowest BCUT2D eigenvalue weighted by Crippen LogP contribution is -2.48. The highest BCUT2D eigenvalue weighted by atomic mass is 35.5. The molecule has 0 saturated carbocycles. The van der Waals surface area contributed by atoms with Gasteiger partial charge in [-0.1, -0.05) is 17.7 Å². The number of halogens is 1. The summed E-state index contributed by atoms with van der Waals surface area (Å²) in [5, 5.41) is 3.43. The van der Waals surface area contributed by atoms with Gasteiger partial charge in [-0.25, -0.2) is 13.4 Å². The van der Waals surface area contributed by atoms with Gasteiger partial charge in [0.2, 0.25) is 10.0 Å². The highest BCUT2D eigenvalue weighted by molar-refractivity contribution is 7.89. The lowest BCUT2D eigenvalue weighted by molar-refractivity contribution is 0.271. The van der Waals surface area contributed by atoms with Crippen LogP contribution in [-0.4, -0.2) is 42.3 Å². The molecule has 9 heteroatoms. The van der Waals surface area contributed by atoms with Crippen molar-refractivity contribution in [2.45, 2.75) is 10.9 Å². The summed E-state index contributed by atoms with van der Waals surface area (Å²) in [6, 6.07) is 4.61. The minimum atomic E-state index is -3.82. The topological polar surface area (TPSA) is 101 Å². The maximum atomic E-state index is 13.0. The van der Waals surface area contributed by atoms with Crippen molar-refractivity contribution in [1.82, 2.24) is 19.6 Å². The van der Waals surface area contributed by atoms with Crippen LogP contribution >= 0.6 is 11.6 Å². The SMILES string of the molecule is Nc1ncc(Cl)cc1S(=O)(=O)N1CCNCC1c1cccnc1. The summed E-state index contributed by atoms with van der Waals surface area (Å²) in [6.07, 6.45) is 4.64. The van der Waals surface area contributed by atoms with Crippen molar-refractivity contribution in [3.05, 3.63) is 47.4 Å². The van der Waals surface area contributed by atoms with Crippen LogP contribution < -0.4 is 11.1 Å². The summed E-state index contributed by atoms with van der Waals surface area (Å²) >= 11 is 5.89. The van der Waals surface area contributed by atoms with E-state index in [-0.39, 0.29) is 21.8 Å². The number of nitrogens with zero attached hydrogens (tertiary/aromatic N) is 3. The molecule has 1 saturated heterocycles. The Kier molecular flexibility index (Phi) is 4.49. The van der Waals surface area contributed by atoms with E-state index < -0.39 is 10.0 Å². The van der Waals surface area contributed by atoms with Crippen molar-refractivity contribution in [3.63, 3.8) is 0 Å². The first-order valence-corrected chi connectivity index (χ1v) is 8.85. The molecule has 0 aliphatic carbocycles. The highest BCUT2D eigenvalue weighted by Gasteiger charge is 2.36. The second-order valence-corrected chi connectivity index (χ2v) is 7.45. The first-order chi connectivity index (χ1) is 11.0. The lowest BCUT2D eigenvalue weighted by Gasteiger charge is -2.35. The molecule has 0 radical (unpaired) electrons. The van der Waals surface area contributed by atoms with E-state index in [9.17, 15) is 8.42 Å². The molecule has 3 heterocycles. The second kappa shape index (κ2) is 6.40. The molecule has 1 atom stereocenters. The molecule has 3 rings (SSSR count). The summed E-state index contributed by atoms with van der Waals surface area (Å²) in [7, 11) is -3.82. The quantitative estimate of drug-likeness (QED) is 0.855. The number of nitrogen functional groups attached to an aromatic ring is 1. The van der Waals surface area contributed by atoms with E-state index in [0.29, 0.717) is 19.6 Å². The van der Waals surface area contributed by atoms with Gasteiger partial charge >= 0.3 is 0 Å². The van der Waals surface area contributed by atoms with Crippen LogP contribution in [0.15, 0.2) is 41.7 Å². The van der Waals surface area contributed by atoms with E-state index in [0.717, 1.165) is 5.56 Å². The maximum absolute atomic E-state index is 13.0. The summed E-state index contributed by atoms with van der Waals surface area (Å²) in [5.41, 5.74) is 6.58. The van der Waals surface area contributed by atoms with E-state index in [2.05, 4.69) is 15.3 Å². The van der Waals surface area contributed by atoms with Crippen LogP contribution in [0, 0.1) is 0 Å². The molecule has 0 amide bonds. The third-order valence-electron chi connectivity index (χ3n) is 3.70. The average Bonchev–Trinajstić information content (AvgIpc) is 2.58. The van der Waals surface area contributed by atoms with E-state index in [1.54, 1.807) is 18.5 Å². The molecular weight excluding hydrogens is 338 g/mol. The fourth-order valence-electron chi connectivity index (χ4n) is 2.59. The molecule has 1 unspecified atom stereocenters. The van der Waals surface area contributed by atoms with Crippen molar-refractivity contribution in [2.75, 3.05) is 25.4 Å². The van der Waals surface area contributed by atoms with E-state index in [1.165, 1.54) is 16.6 Å². The zero-order chi connectivity index (χ0) is 16.4. The van der Waals surface area contributed by atoms with E-state index in [1.807, 2.05) is 6.07 Å². The normalized spacial score (nSPS) is 19.6. The number of sulfonamides is 1. The van der Waals surface area contributed by atoms with Crippen LogP contribution in [0.1, 0.15) is 11.6 Å². The van der Waals surface area contributed by atoms with Gasteiger partial charge in [-0.05, 0) is 17.7 Å². The second-order valence-electron chi connectivity index (χ2n) is 5.16. The molecule has 1 aliphatic heterocycles. The molecule has 2 aromatic rings. The Bertz CT molecular complexity index is 800. The van der Waals surface area contributed by atoms with Crippen LogP contribution in [-0.2, 0) is 10.0 Å². The standard InChI is InChI=1S/C14H16ClN5O2S/c15-11-6-13(14(16)19-8-11)23(21,22)20-5-4-18-9-12(20)10-2-1-3-17-7-10/h1-3,6-8,12,18H,4-5,9H2,(H2,16,19). The molecule has 2 aromatic heterocycles. The number of aromatic nitrogens is 2. The molecule has 3 N–H and O–H groups in total. The maximum Gasteiger partial charge on any atom is 0.247 e. The summed E-state index contributed by atoms with van der Waals surface area (Å²) < 4.78 is 27.5. The van der Waals surface area contributed by atoms with Crippen molar-refractivity contribution >= 4 is 27.4 Å². The fraction of sp³-hybridized carbons (Fsp3) is 0.286. The van der Waals surface area contributed by atoms with Crippen molar-refractivity contribution in [1.29, 1.82) is 0 Å². The Morgan fingerprint density at radius 3 is 2.96 bits per heavy atom. The van der Waals surface area contributed by atoms with Crippen molar-refractivity contribution in [3.8, 4) is 0 Å². The Hall–Kier alpha value is -1.74. The lowest BCUT2D eigenvalue weighted by atomic mass is 10.1. The number of nitrogens with two attached hydrogens (primary N) is 1. The third kappa shape index (κ3) is 3.16. The molecule has 1 fully saturated rings. The first kappa shape index (κ1) is 16.1. The predicted molar refractivity (Wildman–Crippen MR) is 87.4 cm³/mol. The molecule has 0 bridgehead atoms. The Morgan fingerprint density at radius 2 is 2.22 bits per heavy atom. The van der Waals surface area contributed by atoms with Gasteiger partial charge < -0.3 is 11.1 Å². The van der Waals surface area contributed by atoms with E-state index in [4.69, 9.17) is 17.3 Å². The number of piperazine rings is 1. The number of pyridine rings is 2. The largest absolute Gasteiger partial charge is 0.383 e. The minimum absolute atomic E-state index is 0.0575. The zero-order valence-corrected chi connectivity index (χ0v) is 13.8. The van der Waals surface area contributed by atoms with Gasteiger partial charge in [-0.2, -0.15) is 4.31 Å². The van der Waals surface area contributed by atoms with Gasteiger partial charge in [0.05, 0.1) is 11.1 Å². The molecule has 23 heavy (non-hydrogen) atoms. The van der Waals surface area contributed by atoms with Crippen molar-refractivity contribution < 1.29 is 8.42 Å². The van der Waals surface area contributed by atoms with E-state index >= 15 is 0 Å². The first-order valence-electron chi connectivity index (χ1n) is 7.03. The van der Waals surface area contributed by atoms with Gasteiger partial charge in [0.15, 0.2) is 0 Å². The van der Waals surface area contributed by atoms with Gasteiger partial charge in [0.1, 0.15) is 10.7 Å². The molecule has 7 nitrogen and oxygen atoms in total. The van der Waals surface area contributed by atoms with Crippen LogP contribution in [0.4, 0.5) is 5.82 Å². The van der Waals surface area contributed by atoms with Crippen LogP contribution in [0.2, 0.25) is 5.02 Å². The highest BCUT2D eigenvalue weighted by Crippen LogP contribution is 2.31. The van der Waals surface area contributed by atoms with Gasteiger partial charge in [-0.15, -0.1) is 0 Å². The monoisotopic (exact) mass is 353 g/mol. The average molecular weight is 354 g/mol. The van der Waals surface area contributed by atoms with Gasteiger partial charge in [0.25, 0.3) is 0 Å². The number of hydrogen-bond donors (Lipinski definition) is 2. The smallest absolute Gasteiger partial charge is 0.247 e. The van der Waals surface area contributed by atoms with Crippen molar-refractivity contribution in [2.24, 2.45) is 0 Å². The predicted octanol–water partition coefficient (Wildman–Crippen LogP) is 1.05. The summed E-state index contributed by atoms with van der Waals surface area (Å²) in [5.74, 6) is -0.0575. The van der Waals surface area contributed by atoms with Gasteiger partial charge in [0, 0.05) is 38.2 Å². The number of nitrogens with one attached hydrogen (secondary N) is 1. The molecular formula is C14H16ClN5O2S. The van der Waals surface area contributed by atoms with Crippen LogP contribution in [0.3, 0.4) is 0 Å². The van der Waals surface area contributed by atoms with Gasteiger partial charge in [-0.3, -0.25) is 4.98 Å². The Morgan fingerprint density at radius 1 is 1.39 bits per heavy atom. The summed E-state index contributed by atoms with van der Waals surface area (Å²) in [4.78, 5) is 7.85. The zero-order valence-electron chi connectivity index (χ0n) is 12.2. The number of hydrogen-bond acceptors (Lipinski definition) is 6. The molecule has 122 valence electrons. The molecule has 0 aromatic carbocycles. The number of anilines is 1. The Balaban J connectivity index is 2.04. The minimum Gasteiger partial charge on any atom is -0.383 e. The Labute approximate surface area is 139 Å². The number of rotatable bonds is 3. The summed E-state index contributed by atoms with van der Waals surface area (Å²) in [6.45, 7) is 1.39. The third-order valence-corrected chi connectivity index (χ3v) is 5.84. The molecule has 0 spiro atoms. The van der Waals surface area contributed by atoms with Crippen LogP contribution in [0.25, 0.3) is 0 Å².